The second kappa shape index (κ2) is 8.50. The van der Waals surface area contributed by atoms with E-state index >= 15 is 0 Å². The minimum atomic E-state index is -0.383. The average Bonchev–Trinajstić information content (AvgIpc) is 3.23. The van der Waals surface area contributed by atoms with Crippen molar-refractivity contribution in [1.29, 1.82) is 0 Å². The number of hydrogen-bond donors (Lipinski definition) is 2. The number of hydrogen-bond acceptors (Lipinski definition) is 3. The van der Waals surface area contributed by atoms with Crippen LogP contribution in [0.15, 0.2) is 66.7 Å². The molecule has 1 aliphatic heterocycles. The number of nitrogens with zero attached hydrogens (tertiary/aromatic N) is 1. The van der Waals surface area contributed by atoms with Crippen LogP contribution in [0.4, 0.5) is 14.9 Å². The molecule has 0 fully saturated rings. The van der Waals surface area contributed by atoms with E-state index < -0.39 is 0 Å². The molecule has 0 spiro atoms. The molecule has 1 unspecified atom stereocenters. The van der Waals surface area contributed by atoms with E-state index in [0.29, 0.717) is 30.2 Å². The van der Waals surface area contributed by atoms with E-state index in [2.05, 4.69) is 16.4 Å². The lowest BCUT2D eigenvalue weighted by Gasteiger charge is -2.36. The standard InChI is InChI=1S/C26H24FN3O3/c1-32-18-11-12-22(23(15-18)33-2)29-26(31)30-14-13-20-19-5-3-4-6-21(19)28-24(20)25(30)16-7-9-17(27)10-8-16/h3-12,15,25,28H,13-14H2,1-2H3,(H,29,31). The van der Waals surface area contributed by atoms with Crippen LogP contribution >= 0.6 is 0 Å². The lowest BCUT2D eigenvalue weighted by molar-refractivity contribution is 0.193. The van der Waals surface area contributed by atoms with Gasteiger partial charge in [-0.25, -0.2) is 9.18 Å². The molecular formula is C26H24FN3O3. The number of anilines is 1. The number of aromatic amines is 1. The molecule has 5 rings (SSSR count). The van der Waals surface area contributed by atoms with E-state index in [1.54, 1.807) is 49.5 Å². The molecule has 168 valence electrons. The highest BCUT2D eigenvalue weighted by Gasteiger charge is 2.34. The van der Waals surface area contributed by atoms with Gasteiger partial charge in [-0.3, -0.25) is 0 Å². The number of urea groups is 1. The van der Waals surface area contributed by atoms with Gasteiger partial charge in [0.25, 0.3) is 0 Å². The van der Waals surface area contributed by atoms with Crippen LogP contribution in [0.25, 0.3) is 10.9 Å². The predicted octanol–water partition coefficient (Wildman–Crippen LogP) is 5.50. The van der Waals surface area contributed by atoms with Gasteiger partial charge in [-0.05, 0) is 47.9 Å². The number of rotatable bonds is 4. The molecule has 0 aliphatic carbocycles. The van der Waals surface area contributed by atoms with Crippen molar-refractivity contribution in [3.8, 4) is 11.5 Å². The van der Waals surface area contributed by atoms with Crippen LogP contribution < -0.4 is 14.8 Å². The Labute approximate surface area is 190 Å². The smallest absolute Gasteiger partial charge is 0.322 e. The third-order valence-corrected chi connectivity index (χ3v) is 6.13. The number of nitrogens with one attached hydrogen (secondary N) is 2. The highest BCUT2D eigenvalue weighted by Crippen LogP contribution is 2.39. The van der Waals surface area contributed by atoms with Gasteiger partial charge in [0.15, 0.2) is 0 Å². The van der Waals surface area contributed by atoms with Gasteiger partial charge in [-0.2, -0.15) is 0 Å². The van der Waals surface area contributed by atoms with Crippen molar-refractivity contribution in [3.63, 3.8) is 0 Å². The zero-order chi connectivity index (χ0) is 22.9. The number of halogens is 1. The fourth-order valence-corrected chi connectivity index (χ4v) is 4.54. The van der Waals surface area contributed by atoms with Gasteiger partial charge in [-0.15, -0.1) is 0 Å². The molecule has 1 aliphatic rings. The minimum absolute atomic E-state index is 0.267. The molecule has 3 aromatic carbocycles. The maximum Gasteiger partial charge on any atom is 0.322 e. The Morgan fingerprint density at radius 2 is 1.85 bits per heavy atom. The first-order valence-electron chi connectivity index (χ1n) is 10.7. The van der Waals surface area contributed by atoms with E-state index in [1.807, 2.05) is 18.2 Å². The number of aromatic nitrogens is 1. The number of carbonyl (C=O) groups is 1. The predicted molar refractivity (Wildman–Crippen MR) is 126 cm³/mol. The Balaban J connectivity index is 1.55. The first-order chi connectivity index (χ1) is 16.1. The van der Waals surface area contributed by atoms with Gasteiger partial charge in [-0.1, -0.05) is 30.3 Å². The molecular weight excluding hydrogens is 421 g/mol. The lowest BCUT2D eigenvalue weighted by atomic mass is 9.92. The number of H-pyrrole nitrogens is 1. The molecule has 4 aromatic rings. The molecule has 0 radical (unpaired) electrons. The summed E-state index contributed by atoms with van der Waals surface area (Å²) in [6.45, 7) is 0.515. The van der Waals surface area contributed by atoms with E-state index in [1.165, 1.54) is 17.7 Å². The quantitative estimate of drug-likeness (QED) is 0.436. The summed E-state index contributed by atoms with van der Waals surface area (Å²) in [5, 5.41) is 4.13. The Kier molecular flexibility index (Phi) is 5.38. The third kappa shape index (κ3) is 3.75. The van der Waals surface area contributed by atoms with Crippen molar-refractivity contribution in [1.82, 2.24) is 9.88 Å². The van der Waals surface area contributed by atoms with Crippen LogP contribution in [-0.4, -0.2) is 36.7 Å². The van der Waals surface area contributed by atoms with Crippen molar-refractivity contribution in [2.24, 2.45) is 0 Å². The maximum absolute atomic E-state index is 13.7. The number of fused-ring (bicyclic) bond motifs is 3. The monoisotopic (exact) mass is 445 g/mol. The number of carbonyl (C=O) groups excluding carboxylic acids is 1. The molecule has 2 heterocycles. The van der Waals surface area contributed by atoms with E-state index in [4.69, 9.17) is 9.47 Å². The Bertz CT molecular complexity index is 1320. The summed E-state index contributed by atoms with van der Waals surface area (Å²) in [4.78, 5) is 18.8. The van der Waals surface area contributed by atoms with Crippen molar-refractivity contribution in [2.45, 2.75) is 12.5 Å². The molecule has 7 heteroatoms. The van der Waals surface area contributed by atoms with Gasteiger partial charge >= 0.3 is 6.03 Å². The fraction of sp³-hybridized carbons (Fsp3) is 0.192. The van der Waals surface area contributed by atoms with Crippen molar-refractivity contribution >= 4 is 22.6 Å². The number of para-hydroxylation sites is 1. The number of benzene rings is 3. The fourth-order valence-electron chi connectivity index (χ4n) is 4.54. The topological polar surface area (TPSA) is 66.6 Å². The first-order valence-corrected chi connectivity index (χ1v) is 10.7. The maximum atomic E-state index is 13.7. The minimum Gasteiger partial charge on any atom is -0.497 e. The molecule has 1 aromatic heterocycles. The number of methoxy groups -OCH3 is 2. The van der Waals surface area contributed by atoms with Gasteiger partial charge in [0, 0.05) is 29.2 Å². The van der Waals surface area contributed by atoms with Crippen LogP contribution in [0.5, 0.6) is 11.5 Å². The Morgan fingerprint density at radius 1 is 1.06 bits per heavy atom. The van der Waals surface area contributed by atoms with Crippen LogP contribution in [-0.2, 0) is 6.42 Å². The molecule has 6 nitrogen and oxygen atoms in total. The number of amides is 2. The van der Waals surface area contributed by atoms with E-state index in [9.17, 15) is 9.18 Å². The van der Waals surface area contributed by atoms with Crippen LogP contribution in [0.2, 0.25) is 0 Å². The zero-order valence-electron chi connectivity index (χ0n) is 18.4. The summed E-state index contributed by atoms with van der Waals surface area (Å²) in [7, 11) is 3.12. The van der Waals surface area contributed by atoms with Gasteiger partial charge in [0.2, 0.25) is 0 Å². The highest BCUT2D eigenvalue weighted by molar-refractivity contribution is 5.93. The van der Waals surface area contributed by atoms with E-state index in [-0.39, 0.29) is 17.9 Å². The summed E-state index contributed by atoms with van der Waals surface area (Å²) in [5.74, 6) is 0.824. The summed E-state index contributed by atoms with van der Waals surface area (Å²) in [6, 6.07) is 19.0. The molecule has 0 saturated heterocycles. The number of ether oxygens (including phenoxy) is 2. The third-order valence-electron chi connectivity index (χ3n) is 6.13. The second-order valence-electron chi connectivity index (χ2n) is 7.96. The van der Waals surface area contributed by atoms with Gasteiger partial charge < -0.3 is 24.7 Å². The van der Waals surface area contributed by atoms with Crippen LogP contribution in [0.3, 0.4) is 0 Å². The summed E-state index contributed by atoms with van der Waals surface area (Å²) >= 11 is 0. The summed E-state index contributed by atoms with van der Waals surface area (Å²) < 4.78 is 24.4. The normalized spacial score (nSPS) is 15.2. The molecule has 1 atom stereocenters. The van der Waals surface area contributed by atoms with Gasteiger partial charge in [0.1, 0.15) is 17.3 Å². The van der Waals surface area contributed by atoms with Gasteiger partial charge in [0.05, 0.1) is 25.9 Å². The second-order valence-corrected chi connectivity index (χ2v) is 7.96. The van der Waals surface area contributed by atoms with Crippen molar-refractivity contribution in [3.05, 3.63) is 89.4 Å². The lowest BCUT2D eigenvalue weighted by Crippen LogP contribution is -2.43. The molecule has 2 amide bonds. The first kappa shape index (κ1) is 20.9. The highest BCUT2D eigenvalue weighted by atomic mass is 19.1. The molecule has 33 heavy (non-hydrogen) atoms. The summed E-state index contributed by atoms with van der Waals surface area (Å²) in [6.07, 6.45) is 0.713. The Hall–Kier alpha value is -4.00. The summed E-state index contributed by atoms with van der Waals surface area (Å²) in [5.41, 5.74) is 4.54. The van der Waals surface area contributed by atoms with Crippen LogP contribution in [0, 0.1) is 5.82 Å². The molecule has 2 N–H and O–H groups in total. The zero-order valence-corrected chi connectivity index (χ0v) is 18.4. The van der Waals surface area contributed by atoms with Crippen LogP contribution in [0.1, 0.15) is 22.9 Å². The van der Waals surface area contributed by atoms with Crippen molar-refractivity contribution in [2.75, 3.05) is 26.1 Å². The molecule has 0 bridgehead atoms. The van der Waals surface area contributed by atoms with Crippen molar-refractivity contribution < 1.29 is 18.7 Å². The van der Waals surface area contributed by atoms with E-state index in [0.717, 1.165) is 22.2 Å². The SMILES string of the molecule is COc1ccc(NC(=O)N2CCc3c([nH]c4ccccc34)C2c2ccc(F)cc2)c(OC)c1. The Morgan fingerprint density at radius 3 is 2.61 bits per heavy atom. The molecule has 0 saturated carbocycles. The largest absolute Gasteiger partial charge is 0.497 e. The average molecular weight is 445 g/mol.